The van der Waals surface area contributed by atoms with Crippen LogP contribution >= 0.6 is 0 Å². The lowest BCUT2D eigenvalue weighted by Crippen LogP contribution is -1.92. The Kier molecular flexibility index (Phi) is 1.25. The molecule has 0 bridgehead atoms. The van der Waals surface area contributed by atoms with Gasteiger partial charge in [-0.05, 0) is 18.9 Å². The van der Waals surface area contributed by atoms with Crippen LogP contribution in [-0.2, 0) is 11.2 Å². The molecule has 0 fully saturated rings. The summed E-state index contributed by atoms with van der Waals surface area (Å²) >= 11 is 0. The molecule has 0 spiro atoms. The minimum atomic E-state index is -0.401. The Morgan fingerprint density at radius 3 is 2.64 bits per heavy atom. The second-order valence-corrected chi connectivity index (χ2v) is 2.31. The lowest BCUT2D eigenvalue weighted by molar-refractivity contribution is -0.116. The number of Topliss-reactive ketones (excluding diaryl/α,β-unsaturated/α-hetero) is 1. The van der Waals surface area contributed by atoms with E-state index in [2.05, 4.69) is 0 Å². The monoisotopic (exact) mass is 153 g/mol. The van der Waals surface area contributed by atoms with E-state index in [0.29, 0.717) is 0 Å². The highest BCUT2D eigenvalue weighted by atomic mass is 16.1. The molecule has 0 atom stereocenters. The molecule has 0 heterocycles. The van der Waals surface area contributed by atoms with Crippen molar-refractivity contribution in [2.45, 2.75) is 19.8 Å². The van der Waals surface area contributed by atoms with Gasteiger partial charge in [0.1, 0.15) is 5.78 Å². The van der Waals surface area contributed by atoms with Crippen molar-refractivity contribution in [3.63, 3.8) is 0 Å². The number of benzene rings is 1. The lowest BCUT2D eigenvalue weighted by atomic mass is 10.1. The highest BCUT2D eigenvalue weighted by molar-refractivity contribution is 5.75. The van der Waals surface area contributed by atoms with E-state index >= 15 is 0 Å². The van der Waals surface area contributed by atoms with E-state index in [-0.39, 0.29) is 48.4 Å². The fourth-order valence-electron chi connectivity index (χ4n) is 0.702. The number of rotatable bonds is 3. The maximum Gasteiger partial charge on any atom is 0.130 e. The Morgan fingerprint density at radius 2 is 2.09 bits per heavy atom. The molecule has 0 aliphatic heterocycles. The molecule has 0 amide bonds. The van der Waals surface area contributed by atoms with E-state index in [4.69, 9.17) is 6.85 Å². The first-order valence-corrected chi connectivity index (χ1v) is 3.41. The summed E-state index contributed by atoms with van der Waals surface area (Å²) in [6, 6.07) is -1.53. The van der Waals surface area contributed by atoms with Gasteiger partial charge in [0.15, 0.2) is 0 Å². The van der Waals surface area contributed by atoms with Crippen LogP contribution in [0.25, 0.3) is 0 Å². The second kappa shape index (κ2) is 3.91. The third-order valence-electron chi connectivity index (χ3n) is 1.28. The van der Waals surface area contributed by atoms with Gasteiger partial charge in [-0.15, -0.1) is 0 Å². The van der Waals surface area contributed by atoms with Crippen LogP contribution in [0, 0.1) is 0 Å². The molecule has 1 aromatic carbocycles. The fraction of sp³-hybridized carbons (Fsp3) is 0.300. The second-order valence-electron chi connectivity index (χ2n) is 2.31. The molecule has 0 aromatic heterocycles. The average Bonchev–Trinajstić information content (AvgIpc) is 2.23. The van der Waals surface area contributed by atoms with Crippen molar-refractivity contribution in [1.29, 1.82) is 0 Å². The fourth-order valence-corrected chi connectivity index (χ4v) is 0.702. The van der Waals surface area contributed by atoms with Crippen LogP contribution in [0.4, 0.5) is 0 Å². The quantitative estimate of drug-likeness (QED) is 0.650. The average molecular weight is 153 g/mol. The third kappa shape index (κ3) is 2.99. The van der Waals surface area contributed by atoms with Crippen LogP contribution in [0.15, 0.2) is 30.2 Å². The van der Waals surface area contributed by atoms with Gasteiger partial charge in [0.05, 0.1) is 6.85 Å². The van der Waals surface area contributed by atoms with E-state index in [1.807, 2.05) is 0 Å². The first-order chi connectivity index (χ1) is 7.36. The summed E-state index contributed by atoms with van der Waals surface area (Å²) in [7, 11) is 0. The predicted octanol–water partition coefficient (Wildman–Crippen LogP) is 2.21. The van der Waals surface area contributed by atoms with Gasteiger partial charge in [-0.3, -0.25) is 0 Å². The molecule has 0 N–H and O–H groups in total. The number of hydrogen-bond donors (Lipinski definition) is 0. The summed E-state index contributed by atoms with van der Waals surface area (Å²) in [5.74, 6) is -0.0631. The molecule has 1 aromatic rings. The van der Waals surface area contributed by atoms with Crippen LogP contribution in [0.3, 0.4) is 0 Å². The molecule has 0 aliphatic carbocycles. The smallest absolute Gasteiger partial charge is 0.130 e. The molecule has 1 heteroatoms. The Morgan fingerprint density at radius 1 is 1.45 bits per heavy atom. The van der Waals surface area contributed by atoms with Gasteiger partial charge in [0, 0.05) is 6.42 Å². The lowest BCUT2D eigenvalue weighted by Gasteiger charge is -1.96. The van der Waals surface area contributed by atoms with Gasteiger partial charge < -0.3 is 4.79 Å². The minimum absolute atomic E-state index is 0.0631. The standard InChI is InChI=1S/C10H12O/c1-9(11)7-8-10-5-3-2-4-6-10/h2-6H,7-8H2,1H3/i2D,3D,4D,5D,6D. The Hall–Kier alpha value is -1.11. The van der Waals surface area contributed by atoms with Gasteiger partial charge in [-0.2, -0.15) is 0 Å². The van der Waals surface area contributed by atoms with Gasteiger partial charge in [0.25, 0.3) is 0 Å². The number of carbonyl (C=O) groups is 1. The van der Waals surface area contributed by atoms with Crippen molar-refractivity contribution in [2.75, 3.05) is 0 Å². The summed E-state index contributed by atoms with van der Waals surface area (Å²) in [5.41, 5.74) is 0.209. The molecule has 0 radical (unpaired) electrons. The Labute approximate surface area is 74.1 Å². The van der Waals surface area contributed by atoms with Crippen molar-refractivity contribution in [3.8, 4) is 0 Å². The summed E-state index contributed by atoms with van der Waals surface area (Å²) < 4.78 is 37.4. The van der Waals surface area contributed by atoms with E-state index in [1.165, 1.54) is 6.92 Å². The van der Waals surface area contributed by atoms with Gasteiger partial charge in [-0.1, -0.05) is 30.2 Å². The summed E-state index contributed by atoms with van der Waals surface area (Å²) in [6.45, 7) is 1.41. The highest BCUT2D eigenvalue weighted by Crippen LogP contribution is 2.01. The molecular weight excluding hydrogens is 136 g/mol. The van der Waals surface area contributed by atoms with Crippen molar-refractivity contribution in [2.24, 2.45) is 0 Å². The SMILES string of the molecule is [2H]c1c([2H])c([2H])c(CCC(C)=O)c([2H])c1[2H]. The summed E-state index contributed by atoms with van der Waals surface area (Å²) in [6.07, 6.45) is 0.374. The molecule has 0 aliphatic rings. The van der Waals surface area contributed by atoms with Gasteiger partial charge >= 0.3 is 0 Å². The third-order valence-corrected chi connectivity index (χ3v) is 1.28. The molecule has 1 nitrogen and oxygen atoms in total. The highest BCUT2D eigenvalue weighted by Gasteiger charge is 1.94. The zero-order chi connectivity index (χ0) is 12.5. The van der Waals surface area contributed by atoms with E-state index in [1.54, 1.807) is 0 Å². The molecular formula is C10H12O. The number of ketones is 1. The molecule has 1 rings (SSSR count). The largest absolute Gasteiger partial charge is 0.300 e. The zero-order valence-corrected chi connectivity index (χ0v) is 6.32. The molecule has 0 unspecified atom stereocenters. The molecule has 11 heavy (non-hydrogen) atoms. The predicted molar refractivity (Wildman–Crippen MR) is 45.4 cm³/mol. The van der Waals surface area contributed by atoms with E-state index in [0.717, 1.165) is 0 Å². The van der Waals surface area contributed by atoms with Crippen molar-refractivity contribution in [3.05, 3.63) is 35.8 Å². The van der Waals surface area contributed by atoms with Gasteiger partial charge in [0.2, 0.25) is 0 Å². The Bertz CT molecular complexity index is 412. The molecule has 0 saturated carbocycles. The zero-order valence-electron chi connectivity index (χ0n) is 11.3. The van der Waals surface area contributed by atoms with E-state index in [9.17, 15) is 4.79 Å². The van der Waals surface area contributed by atoms with Crippen LogP contribution < -0.4 is 0 Å². The molecule has 0 saturated heterocycles. The maximum absolute atomic E-state index is 10.8. The van der Waals surface area contributed by atoms with Crippen LogP contribution in [0.1, 0.15) is 25.8 Å². The topological polar surface area (TPSA) is 17.1 Å². The minimum Gasteiger partial charge on any atom is -0.300 e. The summed E-state index contributed by atoms with van der Waals surface area (Å²) in [4.78, 5) is 10.8. The van der Waals surface area contributed by atoms with Crippen LogP contribution in [-0.4, -0.2) is 5.78 Å². The Balaban J connectivity index is 3.23. The van der Waals surface area contributed by atoms with Crippen molar-refractivity contribution < 1.29 is 11.6 Å². The van der Waals surface area contributed by atoms with Crippen molar-refractivity contribution >= 4 is 5.78 Å². The maximum atomic E-state index is 10.8. The number of hydrogen-bond acceptors (Lipinski definition) is 1. The van der Waals surface area contributed by atoms with E-state index < -0.39 is 6.04 Å². The normalized spacial score (nSPS) is 15.9. The van der Waals surface area contributed by atoms with Crippen LogP contribution in [0.5, 0.6) is 0 Å². The van der Waals surface area contributed by atoms with Crippen LogP contribution in [0.2, 0.25) is 0 Å². The van der Waals surface area contributed by atoms with Crippen molar-refractivity contribution in [1.82, 2.24) is 0 Å². The van der Waals surface area contributed by atoms with Gasteiger partial charge in [-0.25, -0.2) is 0 Å². The summed E-state index contributed by atoms with van der Waals surface area (Å²) in [5, 5.41) is 0. The first kappa shape index (κ1) is 3.53. The number of carbonyl (C=O) groups excluding carboxylic acids is 1. The molecule has 58 valence electrons. The first-order valence-electron chi connectivity index (χ1n) is 5.91.